The van der Waals surface area contributed by atoms with Crippen LogP contribution in [0.1, 0.15) is 32.3 Å². The molecule has 1 amide bonds. The Bertz CT molecular complexity index is 989. The average molecular weight is 384 g/mol. The summed E-state index contributed by atoms with van der Waals surface area (Å²) in [7, 11) is 0. The third-order valence-corrected chi connectivity index (χ3v) is 5.26. The minimum atomic E-state index is 0.0663. The standard InChI is InChI=1S/C18H24N8O2/c1-3-25-16-12(10-26(11(2)27)13-4-6-20-7-5-13)8-21-9-14(16)22-18(25)15-17(19)24-28-23-15/h8-9,13,20H,3-7,10H2,1-2H3,(H2,19,24). The van der Waals surface area contributed by atoms with Gasteiger partial charge in [-0.1, -0.05) is 0 Å². The lowest BCUT2D eigenvalue weighted by molar-refractivity contribution is -0.132. The SMILES string of the molecule is CCn1c(-c2nonc2N)nc2cncc(CN(C(C)=O)C3CCNCC3)c21. The minimum absolute atomic E-state index is 0.0663. The Kier molecular flexibility index (Phi) is 4.95. The molecule has 1 aliphatic rings. The van der Waals surface area contributed by atoms with Crippen LogP contribution in [0.3, 0.4) is 0 Å². The van der Waals surface area contributed by atoms with Gasteiger partial charge in [-0.15, -0.1) is 0 Å². The number of nitrogens with one attached hydrogen (secondary N) is 1. The zero-order valence-corrected chi connectivity index (χ0v) is 16.1. The van der Waals surface area contributed by atoms with Crippen molar-refractivity contribution >= 4 is 22.8 Å². The van der Waals surface area contributed by atoms with Gasteiger partial charge in [0.25, 0.3) is 0 Å². The molecule has 10 heteroatoms. The number of nitrogens with two attached hydrogens (primary N) is 1. The summed E-state index contributed by atoms with van der Waals surface area (Å²) in [5.74, 6) is 0.845. The number of rotatable bonds is 5. The molecule has 1 fully saturated rings. The Morgan fingerprint density at radius 2 is 2.14 bits per heavy atom. The van der Waals surface area contributed by atoms with E-state index in [1.807, 2.05) is 16.4 Å². The van der Waals surface area contributed by atoms with Crippen molar-refractivity contribution in [1.29, 1.82) is 0 Å². The third-order valence-electron chi connectivity index (χ3n) is 5.26. The summed E-state index contributed by atoms with van der Waals surface area (Å²) in [4.78, 5) is 23.3. The lowest BCUT2D eigenvalue weighted by atomic mass is 10.0. The molecule has 148 valence electrons. The summed E-state index contributed by atoms with van der Waals surface area (Å²) in [6, 6.07) is 0.224. The molecule has 0 atom stereocenters. The molecule has 0 bridgehead atoms. The Balaban J connectivity index is 1.78. The van der Waals surface area contributed by atoms with Gasteiger partial charge in [0.15, 0.2) is 17.3 Å². The second kappa shape index (κ2) is 7.55. The quantitative estimate of drug-likeness (QED) is 0.671. The zero-order chi connectivity index (χ0) is 19.7. The van der Waals surface area contributed by atoms with Gasteiger partial charge in [0, 0.05) is 37.8 Å². The number of carbonyl (C=O) groups is 1. The number of amides is 1. The maximum absolute atomic E-state index is 12.4. The smallest absolute Gasteiger partial charge is 0.219 e. The molecule has 1 aliphatic heterocycles. The number of aryl methyl sites for hydroxylation is 1. The summed E-state index contributed by atoms with van der Waals surface area (Å²) in [5.41, 5.74) is 8.89. The molecule has 0 radical (unpaired) electrons. The molecule has 3 N–H and O–H groups in total. The summed E-state index contributed by atoms with van der Waals surface area (Å²) in [5, 5.41) is 10.9. The van der Waals surface area contributed by atoms with Gasteiger partial charge in [-0.25, -0.2) is 9.61 Å². The number of piperidine rings is 1. The van der Waals surface area contributed by atoms with Crippen molar-refractivity contribution in [3.8, 4) is 11.5 Å². The van der Waals surface area contributed by atoms with E-state index >= 15 is 0 Å². The van der Waals surface area contributed by atoms with Crippen molar-refractivity contribution in [2.24, 2.45) is 0 Å². The van der Waals surface area contributed by atoms with Crippen molar-refractivity contribution in [3.05, 3.63) is 18.0 Å². The summed E-state index contributed by atoms with van der Waals surface area (Å²) < 4.78 is 6.76. The molecule has 0 aliphatic carbocycles. The Hall–Kier alpha value is -3.01. The van der Waals surface area contributed by atoms with Crippen LogP contribution in [0.2, 0.25) is 0 Å². The van der Waals surface area contributed by atoms with Crippen LogP contribution in [0.25, 0.3) is 22.6 Å². The largest absolute Gasteiger partial charge is 0.379 e. The molecule has 3 aromatic rings. The van der Waals surface area contributed by atoms with E-state index in [0.29, 0.717) is 24.6 Å². The Labute approximate surface area is 162 Å². The molecule has 0 aromatic carbocycles. The summed E-state index contributed by atoms with van der Waals surface area (Å²) in [6.45, 7) is 6.64. The minimum Gasteiger partial charge on any atom is -0.379 e. The fourth-order valence-electron chi connectivity index (χ4n) is 3.91. The van der Waals surface area contributed by atoms with Gasteiger partial charge >= 0.3 is 0 Å². The van der Waals surface area contributed by atoms with E-state index in [-0.39, 0.29) is 17.8 Å². The predicted molar refractivity (Wildman–Crippen MR) is 103 cm³/mol. The second-order valence-electron chi connectivity index (χ2n) is 6.97. The van der Waals surface area contributed by atoms with E-state index in [1.54, 1.807) is 19.3 Å². The Morgan fingerprint density at radius 3 is 2.79 bits per heavy atom. The van der Waals surface area contributed by atoms with Gasteiger partial charge in [0.05, 0.1) is 11.7 Å². The molecule has 0 spiro atoms. The molecule has 1 saturated heterocycles. The number of anilines is 1. The fraction of sp³-hybridized carbons (Fsp3) is 0.500. The molecule has 28 heavy (non-hydrogen) atoms. The van der Waals surface area contributed by atoms with E-state index < -0.39 is 0 Å². The van der Waals surface area contributed by atoms with Gasteiger partial charge in [0.2, 0.25) is 5.91 Å². The number of nitrogen functional groups attached to an aromatic ring is 1. The number of hydrogen-bond acceptors (Lipinski definition) is 8. The molecule has 0 saturated carbocycles. The van der Waals surface area contributed by atoms with E-state index in [2.05, 4.69) is 25.6 Å². The second-order valence-corrected chi connectivity index (χ2v) is 6.97. The monoisotopic (exact) mass is 384 g/mol. The van der Waals surface area contributed by atoms with Crippen molar-refractivity contribution in [1.82, 2.24) is 35.1 Å². The van der Waals surface area contributed by atoms with Crippen LogP contribution in [-0.2, 0) is 17.9 Å². The van der Waals surface area contributed by atoms with Gasteiger partial charge in [-0.2, -0.15) is 0 Å². The highest BCUT2D eigenvalue weighted by atomic mass is 16.6. The number of nitrogens with zero attached hydrogens (tertiary/aromatic N) is 6. The predicted octanol–water partition coefficient (Wildman–Crippen LogP) is 1.18. The Morgan fingerprint density at radius 1 is 1.36 bits per heavy atom. The zero-order valence-electron chi connectivity index (χ0n) is 16.1. The van der Waals surface area contributed by atoms with Crippen molar-refractivity contribution in [3.63, 3.8) is 0 Å². The average Bonchev–Trinajstić information content (AvgIpc) is 3.29. The van der Waals surface area contributed by atoms with Crippen LogP contribution in [0.15, 0.2) is 17.0 Å². The normalized spacial score (nSPS) is 15.2. The highest BCUT2D eigenvalue weighted by Crippen LogP contribution is 2.29. The van der Waals surface area contributed by atoms with Crippen LogP contribution in [0.4, 0.5) is 5.82 Å². The first kappa shape index (κ1) is 18.4. The van der Waals surface area contributed by atoms with Crippen LogP contribution in [-0.4, -0.2) is 54.8 Å². The number of aromatic nitrogens is 5. The van der Waals surface area contributed by atoms with Crippen LogP contribution in [0.5, 0.6) is 0 Å². The number of pyridine rings is 1. The maximum atomic E-state index is 12.4. The maximum Gasteiger partial charge on any atom is 0.219 e. The topological polar surface area (TPSA) is 128 Å². The number of imidazole rings is 1. The molecule has 4 heterocycles. The van der Waals surface area contributed by atoms with E-state index in [1.165, 1.54) is 0 Å². The highest BCUT2D eigenvalue weighted by Gasteiger charge is 2.26. The lowest BCUT2D eigenvalue weighted by Crippen LogP contribution is -2.45. The van der Waals surface area contributed by atoms with E-state index in [4.69, 9.17) is 10.4 Å². The van der Waals surface area contributed by atoms with Gasteiger partial charge in [-0.05, 0) is 43.2 Å². The molecular weight excluding hydrogens is 360 g/mol. The summed E-state index contributed by atoms with van der Waals surface area (Å²) in [6.07, 6.45) is 5.41. The first-order valence-electron chi connectivity index (χ1n) is 9.49. The van der Waals surface area contributed by atoms with Gasteiger partial charge < -0.3 is 20.5 Å². The lowest BCUT2D eigenvalue weighted by Gasteiger charge is -2.34. The van der Waals surface area contributed by atoms with Crippen molar-refractivity contribution < 1.29 is 9.42 Å². The summed E-state index contributed by atoms with van der Waals surface area (Å²) >= 11 is 0. The molecule has 10 nitrogen and oxygen atoms in total. The number of hydrogen-bond donors (Lipinski definition) is 2. The van der Waals surface area contributed by atoms with Gasteiger partial charge in [0.1, 0.15) is 5.52 Å². The molecule has 3 aromatic heterocycles. The van der Waals surface area contributed by atoms with Crippen molar-refractivity contribution in [2.75, 3.05) is 18.8 Å². The molecular formula is C18H24N8O2. The molecule has 4 rings (SSSR count). The van der Waals surface area contributed by atoms with E-state index in [0.717, 1.165) is 42.5 Å². The van der Waals surface area contributed by atoms with Crippen LogP contribution >= 0.6 is 0 Å². The van der Waals surface area contributed by atoms with Crippen LogP contribution in [0, 0.1) is 0 Å². The first-order valence-corrected chi connectivity index (χ1v) is 9.49. The van der Waals surface area contributed by atoms with Gasteiger partial charge in [-0.3, -0.25) is 9.78 Å². The molecule has 0 unspecified atom stereocenters. The first-order chi connectivity index (χ1) is 13.6. The fourth-order valence-corrected chi connectivity index (χ4v) is 3.91. The number of carbonyl (C=O) groups excluding carboxylic acids is 1. The third kappa shape index (κ3) is 3.19. The number of fused-ring (bicyclic) bond motifs is 1. The van der Waals surface area contributed by atoms with Crippen LogP contribution < -0.4 is 11.1 Å². The highest BCUT2D eigenvalue weighted by molar-refractivity contribution is 5.84. The van der Waals surface area contributed by atoms with E-state index in [9.17, 15) is 4.79 Å². The van der Waals surface area contributed by atoms with Crippen molar-refractivity contribution in [2.45, 2.75) is 45.8 Å².